The van der Waals surface area contributed by atoms with E-state index in [4.69, 9.17) is 4.74 Å². The van der Waals surface area contributed by atoms with E-state index in [0.29, 0.717) is 19.2 Å². The zero-order valence-electron chi connectivity index (χ0n) is 22.1. The smallest absolute Gasteiger partial charge is 0.343 e. The predicted molar refractivity (Wildman–Crippen MR) is 158 cm³/mol. The number of alkyl halides is 2. The highest BCUT2D eigenvalue weighted by molar-refractivity contribution is 5.78. The summed E-state index contributed by atoms with van der Waals surface area (Å²) in [7, 11) is 0. The Morgan fingerprint density at radius 1 is 0.795 bits per heavy atom. The highest BCUT2D eigenvalue weighted by Gasteiger charge is 2.39. The van der Waals surface area contributed by atoms with Crippen LogP contribution in [0.4, 0.5) is 17.9 Å². The number of carbonyl (C=O) groups excluding carboxylic acids is 2. The lowest BCUT2D eigenvalue weighted by Crippen LogP contribution is -2.36. The first-order chi connectivity index (χ1) is 16.1. The molecule has 4 nitrogen and oxygen atoms in total. The third-order valence-electron chi connectivity index (χ3n) is 6.29. The van der Waals surface area contributed by atoms with Crippen LogP contribution in [0.3, 0.4) is 0 Å². The first-order valence-corrected chi connectivity index (χ1v) is 13.0. The fraction of sp³-hybridized carbons (Fsp3) is 0.871. The zero-order chi connectivity index (χ0) is 25.9. The molecule has 0 saturated heterocycles. The van der Waals surface area contributed by atoms with Crippen LogP contribution in [0.2, 0.25) is 0 Å². The molecule has 0 N–H and O–H groups in total. The van der Waals surface area contributed by atoms with Crippen molar-refractivity contribution in [2.45, 2.75) is 153 Å². The van der Waals surface area contributed by atoms with Gasteiger partial charge in [0.2, 0.25) is 0 Å². The van der Waals surface area contributed by atoms with E-state index in [0.717, 1.165) is 25.2 Å². The van der Waals surface area contributed by atoms with Crippen LogP contribution in [-0.2, 0) is 19.1 Å². The molecule has 0 fully saturated rings. The van der Waals surface area contributed by atoms with Crippen LogP contribution in [0, 0.1) is 23.4 Å². The maximum Gasteiger partial charge on any atom is 0.343 e. The van der Waals surface area contributed by atoms with E-state index in [1.54, 1.807) is 20.8 Å². The molecule has 8 heteroatoms. The van der Waals surface area contributed by atoms with Crippen molar-refractivity contribution in [1.29, 1.82) is 0 Å². The molecule has 0 spiro atoms. The molecular weight excluding hydrogens is 512 g/mol. The Kier molecular flexibility index (Phi) is 37.5. The number of halogens is 4. The van der Waals surface area contributed by atoms with Gasteiger partial charge in [0.05, 0.1) is 17.9 Å². The lowest BCUT2D eigenvalue weighted by Gasteiger charge is -2.28. The van der Waals surface area contributed by atoms with Crippen LogP contribution < -0.4 is 0 Å². The van der Waals surface area contributed by atoms with Crippen molar-refractivity contribution >= 4 is 11.9 Å². The fourth-order valence-electron chi connectivity index (χ4n) is 3.82. The van der Waals surface area contributed by atoms with Gasteiger partial charge >= 0.3 is 17.9 Å². The number of hydrogen-bond acceptors (Lipinski definition) is 4. The average molecular weight is 575 g/mol. The van der Waals surface area contributed by atoms with Crippen LogP contribution in [0.5, 0.6) is 0 Å². The largest absolute Gasteiger partial charge is 0.465 e. The summed E-state index contributed by atoms with van der Waals surface area (Å²) in [5.74, 6) is -4.55. The Bertz CT molecular complexity index is 632. The molecule has 0 aromatic heterocycles. The van der Waals surface area contributed by atoms with Crippen LogP contribution in [-0.4, -0.2) is 31.1 Å². The van der Waals surface area contributed by atoms with Crippen LogP contribution in [0.1, 0.15) is 147 Å². The van der Waals surface area contributed by atoms with Gasteiger partial charge in [-0.3, -0.25) is 14.3 Å². The third kappa shape index (κ3) is 25.0. The Labute approximate surface area is 238 Å². The van der Waals surface area contributed by atoms with Crippen LogP contribution in [0.25, 0.3) is 0 Å². The summed E-state index contributed by atoms with van der Waals surface area (Å²) in [5, 5.41) is 0. The van der Waals surface area contributed by atoms with Gasteiger partial charge in [0.25, 0.3) is 0 Å². The second-order valence-corrected chi connectivity index (χ2v) is 9.58. The minimum Gasteiger partial charge on any atom is -0.465 e. The number of hydrogen-bond donors (Lipinski definition) is 0. The van der Waals surface area contributed by atoms with Gasteiger partial charge in [-0.2, -0.15) is 8.78 Å². The SMILES string of the molecule is C.C.C.C.CCCCCCCCCCCCCCOC(=O)C(C)CC(C)(CC)C(=O)OCC(F)(F)C#CF.F. The van der Waals surface area contributed by atoms with Crippen molar-refractivity contribution in [3.8, 4) is 12.1 Å². The highest BCUT2D eigenvalue weighted by atomic mass is 19.3. The van der Waals surface area contributed by atoms with Crippen molar-refractivity contribution < 1.29 is 36.9 Å². The average Bonchev–Trinajstić information content (AvgIpc) is 2.80. The van der Waals surface area contributed by atoms with Crippen LogP contribution >= 0.6 is 0 Å². The molecule has 0 aliphatic heterocycles. The third-order valence-corrected chi connectivity index (χ3v) is 6.29. The van der Waals surface area contributed by atoms with Gasteiger partial charge in [0.1, 0.15) is 6.17 Å². The normalized spacial score (nSPS) is 12.2. The number of esters is 2. The van der Waals surface area contributed by atoms with Crippen molar-refractivity contribution in [2.24, 2.45) is 11.3 Å². The van der Waals surface area contributed by atoms with E-state index in [1.165, 1.54) is 57.8 Å². The maximum absolute atomic E-state index is 13.3. The summed E-state index contributed by atoms with van der Waals surface area (Å²) in [6.45, 7) is 6.16. The Hall–Kier alpha value is -1.78. The molecule has 0 radical (unpaired) electrons. The quantitative estimate of drug-likeness (QED) is 0.0628. The van der Waals surface area contributed by atoms with Gasteiger partial charge in [0, 0.05) is 5.92 Å². The van der Waals surface area contributed by atoms with Gasteiger partial charge in [-0.1, -0.05) is 121 Å². The topological polar surface area (TPSA) is 52.6 Å². The molecule has 0 amide bonds. The van der Waals surface area contributed by atoms with Gasteiger partial charge in [-0.15, -0.1) is 4.39 Å². The maximum atomic E-state index is 13.3. The number of unbranched alkanes of at least 4 members (excludes halogenated alkanes) is 11. The summed E-state index contributed by atoms with van der Waals surface area (Å²) >= 11 is 0. The molecule has 39 heavy (non-hydrogen) atoms. The van der Waals surface area contributed by atoms with E-state index >= 15 is 0 Å². The van der Waals surface area contributed by atoms with Gasteiger partial charge in [-0.25, -0.2) is 0 Å². The second kappa shape index (κ2) is 29.2. The molecule has 0 rings (SSSR count). The number of ether oxygens (including phenoxy) is 2. The van der Waals surface area contributed by atoms with Crippen molar-refractivity contribution in [1.82, 2.24) is 0 Å². The summed E-state index contributed by atoms with van der Waals surface area (Å²) in [4.78, 5) is 24.6. The van der Waals surface area contributed by atoms with E-state index in [-0.39, 0.29) is 40.8 Å². The predicted octanol–water partition coefficient (Wildman–Crippen LogP) is 10.5. The summed E-state index contributed by atoms with van der Waals surface area (Å²) in [5.41, 5.74) is -1.13. The fourth-order valence-corrected chi connectivity index (χ4v) is 3.82. The molecule has 238 valence electrons. The first kappa shape index (κ1) is 50.1. The molecular formula is C31H62F4O4. The van der Waals surface area contributed by atoms with Crippen molar-refractivity contribution in [3.63, 3.8) is 0 Å². The minimum absolute atomic E-state index is 0. The molecule has 0 saturated carbocycles. The van der Waals surface area contributed by atoms with E-state index in [9.17, 15) is 22.8 Å². The molecule has 0 aromatic rings. The molecule has 0 bridgehead atoms. The molecule has 2 atom stereocenters. The van der Waals surface area contributed by atoms with E-state index in [1.807, 2.05) is 0 Å². The number of carbonyl (C=O) groups is 2. The van der Waals surface area contributed by atoms with Crippen molar-refractivity contribution in [3.05, 3.63) is 0 Å². The van der Waals surface area contributed by atoms with Gasteiger partial charge in [-0.05, 0) is 26.2 Å². The lowest BCUT2D eigenvalue weighted by molar-refractivity contribution is -0.164. The summed E-state index contributed by atoms with van der Waals surface area (Å²) in [6, 6.07) is 0. The van der Waals surface area contributed by atoms with Gasteiger partial charge in [0.15, 0.2) is 6.61 Å². The van der Waals surface area contributed by atoms with E-state index < -0.39 is 35.8 Å². The molecule has 0 aliphatic carbocycles. The Balaban J connectivity index is -0.000000544. The minimum atomic E-state index is -3.75. The lowest BCUT2D eigenvalue weighted by atomic mass is 9.79. The zero-order valence-corrected chi connectivity index (χ0v) is 22.1. The highest BCUT2D eigenvalue weighted by Crippen LogP contribution is 2.32. The first-order valence-electron chi connectivity index (χ1n) is 13.0. The number of rotatable bonds is 20. The molecule has 0 heterocycles. The monoisotopic (exact) mass is 574 g/mol. The molecule has 2 unspecified atom stereocenters. The Morgan fingerprint density at radius 3 is 1.64 bits per heavy atom. The summed E-state index contributed by atoms with van der Waals surface area (Å²) in [6.07, 6.45) is 15.7. The molecule has 0 aromatic carbocycles. The Morgan fingerprint density at radius 2 is 1.23 bits per heavy atom. The second-order valence-electron chi connectivity index (χ2n) is 9.58. The van der Waals surface area contributed by atoms with Crippen molar-refractivity contribution in [2.75, 3.05) is 13.2 Å². The van der Waals surface area contributed by atoms with E-state index in [2.05, 4.69) is 11.7 Å². The van der Waals surface area contributed by atoms with Gasteiger partial charge < -0.3 is 9.47 Å². The standard InChI is InChI=1S/C27H45F3O4.4CH4.FH/c1-5-7-8-9-10-11-12-13-14-15-16-17-20-33-24(31)23(3)21-26(4,6-2)25(32)34-22-27(29,30)18-19-28;;;;;/h23H,5-17,20-22H2,1-4H3;4*1H4;1H. The van der Waals surface area contributed by atoms with Crippen LogP contribution in [0.15, 0.2) is 0 Å². The summed E-state index contributed by atoms with van der Waals surface area (Å²) < 4.78 is 48.3. The molecule has 0 aliphatic rings.